The van der Waals surface area contributed by atoms with E-state index >= 15 is 0 Å². The molecule has 0 N–H and O–H groups in total. The molecule has 0 amide bonds. The van der Waals surface area contributed by atoms with Crippen LogP contribution in [-0.4, -0.2) is 37.7 Å². The second-order valence-corrected chi connectivity index (χ2v) is 5.75. The summed E-state index contributed by atoms with van der Waals surface area (Å²) in [4.78, 5) is 19.3. The summed E-state index contributed by atoms with van der Waals surface area (Å²) in [6, 6.07) is 5.94. The van der Waals surface area contributed by atoms with Crippen LogP contribution in [0.4, 0.5) is 5.95 Å². The van der Waals surface area contributed by atoms with Crippen molar-refractivity contribution >= 4 is 5.95 Å². The Hall–Kier alpha value is -2.80. The van der Waals surface area contributed by atoms with Crippen molar-refractivity contribution in [3.05, 3.63) is 66.8 Å². The number of imidazole rings is 1. The number of rotatable bonds is 5. The number of ether oxygens (including phenoxy) is 1. The molecule has 0 saturated carbocycles. The first-order valence-electron chi connectivity index (χ1n) is 7.89. The predicted octanol–water partition coefficient (Wildman–Crippen LogP) is 1.85. The number of hydrogen-bond donors (Lipinski definition) is 0. The Bertz CT molecular complexity index is 776. The van der Waals surface area contributed by atoms with Crippen LogP contribution >= 0.6 is 0 Å². The zero-order chi connectivity index (χ0) is 16.2. The summed E-state index contributed by atoms with van der Waals surface area (Å²) < 4.78 is 8.10. The first-order valence-corrected chi connectivity index (χ1v) is 7.89. The van der Waals surface area contributed by atoms with Crippen molar-refractivity contribution in [1.29, 1.82) is 0 Å². The zero-order valence-electron chi connectivity index (χ0n) is 13.2. The summed E-state index contributed by atoms with van der Waals surface area (Å²) in [5.41, 5.74) is 2.21. The summed E-state index contributed by atoms with van der Waals surface area (Å²) >= 11 is 0. The molecule has 7 nitrogen and oxygen atoms in total. The Morgan fingerprint density at radius 3 is 2.83 bits per heavy atom. The Labute approximate surface area is 140 Å². The molecular weight excluding hydrogens is 304 g/mol. The maximum absolute atomic E-state index is 5.91. The third-order valence-corrected chi connectivity index (χ3v) is 4.06. The van der Waals surface area contributed by atoms with Gasteiger partial charge in [-0.15, -0.1) is 0 Å². The van der Waals surface area contributed by atoms with Gasteiger partial charge in [0.2, 0.25) is 5.95 Å². The van der Waals surface area contributed by atoms with E-state index in [0.717, 1.165) is 30.3 Å². The number of pyridine rings is 1. The van der Waals surface area contributed by atoms with Crippen molar-refractivity contribution in [1.82, 2.24) is 24.5 Å². The second kappa shape index (κ2) is 6.76. The van der Waals surface area contributed by atoms with Gasteiger partial charge in [0.1, 0.15) is 0 Å². The maximum Gasteiger partial charge on any atom is 0.225 e. The topological polar surface area (TPSA) is 69.0 Å². The summed E-state index contributed by atoms with van der Waals surface area (Å²) in [5, 5.41) is 0. The Morgan fingerprint density at radius 1 is 1.08 bits per heavy atom. The van der Waals surface area contributed by atoms with Crippen LogP contribution in [0, 0.1) is 0 Å². The molecule has 0 aromatic carbocycles. The molecule has 122 valence electrons. The van der Waals surface area contributed by atoms with Gasteiger partial charge in [-0.05, 0) is 17.7 Å². The Kier molecular flexibility index (Phi) is 4.16. The third kappa shape index (κ3) is 3.11. The van der Waals surface area contributed by atoms with Crippen LogP contribution in [0.2, 0.25) is 0 Å². The van der Waals surface area contributed by atoms with Gasteiger partial charge in [-0.3, -0.25) is 4.98 Å². The van der Waals surface area contributed by atoms with Crippen LogP contribution < -0.4 is 4.90 Å². The van der Waals surface area contributed by atoms with E-state index in [1.54, 1.807) is 18.6 Å². The van der Waals surface area contributed by atoms with Crippen LogP contribution in [0.3, 0.4) is 0 Å². The molecule has 0 saturated heterocycles. The molecule has 1 aliphatic heterocycles. The lowest BCUT2D eigenvalue weighted by molar-refractivity contribution is 0.0876. The van der Waals surface area contributed by atoms with E-state index < -0.39 is 0 Å². The molecule has 0 aliphatic carbocycles. The fourth-order valence-corrected chi connectivity index (χ4v) is 2.92. The lowest BCUT2D eigenvalue weighted by atomic mass is 10.2. The van der Waals surface area contributed by atoms with E-state index in [-0.39, 0.29) is 6.04 Å². The largest absolute Gasteiger partial charge is 0.374 e. The van der Waals surface area contributed by atoms with E-state index in [2.05, 4.69) is 29.4 Å². The lowest BCUT2D eigenvalue weighted by Gasteiger charge is -2.34. The average molecular weight is 322 g/mol. The average Bonchev–Trinajstić information content (AvgIpc) is 3.12. The van der Waals surface area contributed by atoms with E-state index in [0.29, 0.717) is 13.2 Å². The fourth-order valence-electron chi connectivity index (χ4n) is 2.92. The molecule has 3 aromatic heterocycles. The third-order valence-electron chi connectivity index (χ3n) is 4.06. The lowest BCUT2D eigenvalue weighted by Crippen LogP contribution is -2.39. The molecule has 1 aliphatic rings. The molecule has 0 unspecified atom stereocenters. The molecular formula is C17H18N6O. The normalized spacial score (nSPS) is 16.8. The van der Waals surface area contributed by atoms with E-state index in [9.17, 15) is 0 Å². The van der Waals surface area contributed by atoms with Crippen molar-refractivity contribution in [2.75, 3.05) is 18.1 Å². The quantitative estimate of drug-likeness (QED) is 0.714. The zero-order valence-corrected chi connectivity index (χ0v) is 13.2. The standard InChI is InChI=1S/C17H18N6O/c1-3-14(7-18-4-1)11-24-12-16-10-22(17-20-5-2-6-21-17)9-15-8-19-13-23(15)16/h1-8,13,16H,9-12H2/t16-/m1/s1. The van der Waals surface area contributed by atoms with Crippen LogP contribution in [0.15, 0.2) is 55.5 Å². The monoisotopic (exact) mass is 322 g/mol. The molecule has 7 heteroatoms. The number of nitrogens with zero attached hydrogens (tertiary/aromatic N) is 6. The van der Waals surface area contributed by atoms with Crippen LogP contribution in [0.5, 0.6) is 0 Å². The highest BCUT2D eigenvalue weighted by atomic mass is 16.5. The van der Waals surface area contributed by atoms with Crippen molar-refractivity contribution in [2.24, 2.45) is 0 Å². The smallest absolute Gasteiger partial charge is 0.225 e. The molecule has 0 fully saturated rings. The SMILES string of the molecule is c1cnc(N2Cc3cncn3[C@@H](COCc3cccnc3)C2)nc1. The highest BCUT2D eigenvalue weighted by Gasteiger charge is 2.26. The van der Waals surface area contributed by atoms with Crippen LogP contribution in [0.25, 0.3) is 0 Å². The summed E-state index contributed by atoms with van der Waals surface area (Å²) in [6.07, 6.45) is 10.9. The van der Waals surface area contributed by atoms with Gasteiger partial charge < -0.3 is 14.2 Å². The molecule has 0 radical (unpaired) electrons. The maximum atomic E-state index is 5.91. The van der Waals surface area contributed by atoms with Crippen molar-refractivity contribution in [2.45, 2.75) is 19.2 Å². The summed E-state index contributed by atoms with van der Waals surface area (Å²) in [6.45, 7) is 2.70. The Balaban J connectivity index is 1.46. The van der Waals surface area contributed by atoms with Gasteiger partial charge in [0.15, 0.2) is 0 Å². The first-order chi connectivity index (χ1) is 11.9. The number of hydrogen-bond acceptors (Lipinski definition) is 6. The number of aromatic nitrogens is 5. The van der Waals surface area contributed by atoms with Crippen molar-refractivity contribution < 1.29 is 4.74 Å². The molecule has 0 spiro atoms. The minimum absolute atomic E-state index is 0.178. The molecule has 4 heterocycles. The van der Waals surface area contributed by atoms with Gasteiger partial charge >= 0.3 is 0 Å². The van der Waals surface area contributed by atoms with Crippen molar-refractivity contribution in [3.63, 3.8) is 0 Å². The first kappa shape index (κ1) is 14.8. The van der Waals surface area contributed by atoms with Crippen molar-refractivity contribution in [3.8, 4) is 0 Å². The Morgan fingerprint density at radius 2 is 2.00 bits per heavy atom. The fraction of sp³-hybridized carbons (Fsp3) is 0.294. The van der Waals surface area contributed by atoms with E-state index in [1.165, 1.54) is 0 Å². The second-order valence-electron chi connectivity index (χ2n) is 5.75. The van der Waals surface area contributed by atoms with Gasteiger partial charge in [-0.2, -0.15) is 0 Å². The van der Waals surface area contributed by atoms with Gasteiger partial charge in [0.05, 0.1) is 37.8 Å². The number of anilines is 1. The van der Waals surface area contributed by atoms with E-state index in [1.807, 2.05) is 36.9 Å². The van der Waals surface area contributed by atoms with Gasteiger partial charge in [-0.1, -0.05) is 6.07 Å². The van der Waals surface area contributed by atoms with Crippen LogP contribution in [-0.2, 0) is 17.9 Å². The highest BCUT2D eigenvalue weighted by molar-refractivity contribution is 5.32. The molecule has 3 aromatic rings. The minimum Gasteiger partial charge on any atom is -0.374 e. The summed E-state index contributed by atoms with van der Waals surface area (Å²) in [5.74, 6) is 0.738. The molecule has 4 rings (SSSR count). The predicted molar refractivity (Wildman–Crippen MR) is 88.2 cm³/mol. The molecule has 24 heavy (non-hydrogen) atoms. The van der Waals surface area contributed by atoms with Gasteiger partial charge in [0.25, 0.3) is 0 Å². The molecule has 1 atom stereocenters. The van der Waals surface area contributed by atoms with Gasteiger partial charge in [-0.25, -0.2) is 15.0 Å². The summed E-state index contributed by atoms with van der Waals surface area (Å²) in [7, 11) is 0. The molecule has 0 bridgehead atoms. The number of fused-ring (bicyclic) bond motifs is 1. The minimum atomic E-state index is 0.178. The van der Waals surface area contributed by atoms with Gasteiger partial charge in [0, 0.05) is 37.5 Å². The van der Waals surface area contributed by atoms with E-state index in [4.69, 9.17) is 4.74 Å². The highest BCUT2D eigenvalue weighted by Crippen LogP contribution is 2.24. The van der Waals surface area contributed by atoms with Crippen LogP contribution in [0.1, 0.15) is 17.3 Å².